The van der Waals surface area contributed by atoms with Gasteiger partial charge in [0.25, 0.3) is 0 Å². The number of hydrogen-bond donors (Lipinski definition) is 1. The number of aromatic nitrogens is 3. The molecule has 29 heavy (non-hydrogen) atoms. The summed E-state index contributed by atoms with van der Waals surface area (Å²) in [6.45, 7) is 0. The average molecular weight is 403 g/mol. The lowest BCUT2D eigenvalue weighted by Gasteiger charge is -2.12. The van der Waals surface area contributed by atoms with Crippen LogP contribution in [-0.2, 0) is 0 Å². The van der Waals surface area contributed by atoms with Crippen LogP contribution in [0, 0.1) is 0 Å². The van der Waals surface area contributed by atoms with Crippen molar-refractivity contribution in [1.82, 2.24) is 15.0 Å². The number of methoxy groups -OCH3 is 1. The Labute approximate surface area is 171 Å². The van der Waals surface area contributed by atoms with Crippen LogP contribution in [0.3, 0.4) is 0 Å². The minimum atomic E-state index is 0.318. The molecule has 0 spiro atoms. The molecule has 0 unspecified atom stereocenters. The van der Waals surface area contributed by atoms with Gasteiger partial charge >= 0.3 is 6.01 Å². The third kappa shape index (κ3) is 3.13. The minimum Gasteiger partial charge on any atom is -0.496 e. The second-order valence-corrected chi connectivity index (χ2v) is 6.75. The van der Waals surface area contributed by atoms with Crippen molar-refractivity contribution < 1.29 is 9.15 Å². The van der Waals surface area contributed by atoms with E-state index in [9.17, 15) is 0 Å². The van der Waals surface area contributed by atoms with Gasteiger partial charge in [-0.1, -0.05) is 48.0 Å². The molecule has 6 nitrogen and oxygen atoms in total. The van der Waals surface area contributed by atoms with Crippen molar-refractivity contribution in [3.63, 3.8) is 0 Å². The van der Waals surface area contributed by atoms with Gasteiger partial charge in [-0.15, -0.1) is 0 Å². The van der Waals surface area contributed by atoms with Crippen LogP contribution in [0.1, 0.15) is 0 Å². The molecular weight excluding hydrogens is 388 g/mol. The molecule has 0 atom stereocenters. The molecule has 7 heteroatoms. The first-order valence-corrected chi connectivity index (χ1v) is 9.33. The van der Waals surface area contributed by atoms with E-state index in [0.29, 0.717) is 39.5 Å². The normalized spacial score (nSPS) is 11.1. The molecule has 5 rings (SSSR count). The Kier molecular flexibility index (Phi) is 4.26. The summed E-state index contributed by atoms with van der Waals surface area (Å²) in [5.41, 5.74) is 3.60. The lowest BCUT2D eigenvalue weighted by Crippen LogP contribution is -2.01. The Morgan fingerprint density at radius 1 is 0.862 bits per heavy atom. The van der Waals surface area contributed by atoms with E-state index in [1.54, 1.807) is 7.11 Å². The lowest BCUT2D eigenvalue weighted by molar-refractivity contribution is 0.420. The predicted molar refractivity (Wildman–Crippen MR) is 114 cm³/mol. The van der Waals surface area contributed by atoms with E-state index in [1.165, 1.54) is 0 Å². The summed E-state index contributed by atoms with van der Waals surface area (Å²) >= 11 is 6.47. The van der Waals surface area contributed by atoms with E-state index in [-0.39, 0.29) is 0 Å². The largest absolute Gasteiger partial charge is 0.496 e. The third-order valence-electron chi connectivity index (χ3n) is 4.55. The quantitative estimate of drug-likeness (QED) is 0.407. The highest BCUT2D eigenvalue weighted by molar-refractivity contribution is 6.33. The molecule has 5 aromatic rings. The van der Waals surface area contributed by atoms with Gasteiger partial charge in [0.1, 0.15) is 11.3 Å². The smallest absolute Gasteiger partial charge is 0.302 e. The molecule has 3 aromatic carbocycles. The Hall–Kier alpha value is -3.64. The summed E-state index contributed by atoms with van der Waals surface area (Å²) in [7, 11) is 1.62. The molecule has 0 saturated carbocycles. The summed E-state index contributed by atoms with van der Waals surface area (Å²) in [5.74, 6) is 1.03. The van der Waals surface area contributed by atoms with E-state index in [4.69, 9.17) is 25.7 Å². The first kappa shape index (κ1) is 17.5. The second-order valence-electron chi connectivity index (χ2n) is 6.34. The van der Waals surface area contributed by atoms with Crippen molar-refractivity contribution in [3.05, 3.63) is 71.8 Å². The zero-order valence-corrected chi connectivity index (χ0v) is 16.1. The molecule has 1 N–H and O–H groups in total. The van der Waals surface area contributed by atoms with Crippen molar-refractivity contribution in [2.75, 3.05) is 12.4 Å². The fourth-order valence-corrected chi connectivity index (χ4v) is 3.47. The van der Waals surface area contributed by atoms with E-state index in [0.717, 1.165) is 16.5 Å². The Morgan fingerprint density at radius 2 is 1.66 bits per heavy atom. The summed E-state index contributed by atoms with van der Waals surface area (Å²) in [5, 5.41) is 4.44. The van der Waals surface area contributed by atoms with Crippen molar-refractivity contribution >= 4 is 45.6 Å². The third-order valence-corrected chi connectivity index (χ3v) is 4.88. The zero-order chi connectivity index (χ0) is 19.8. The van der Waals surface area contributed by atoms with Crippen LogP contribution in [0.2, 0.25) is 5.02 Å². The van der Waals surface area contributed by atoms with Crippen LogP contribution in [0.25, 0.3) is 33.3 Å². The monoisotopic (exact) mass is 402 g/mol. The van der Waals surface area contributed by atoms with Gasteiger partial charge in [-0.2, -0.15) is 4.98 Å². The number of hydrogen-bond acceptors (Lipinski definition) is 6. The molecule has 0 aliphatic carbocycles. The fourth-order valence-electron chi connectivity index (χ4n) is 3.25. The van der Waals surface area contributed by atoms with Crippen LogP contribution in [0.15, 0.2) is 71.1 Å². The highest BCUT2D eigenvalue weighted by atomic mass is 35.5. The fraction of sp³-hybridized carbons (Fsp3) is 0.0455. The molecule has 0 amide bonds. The molecule has 0 radical (unpaired) electrons. The van der Waals surface area contributed by atoms with Crippen molar-refractivity contribution in [2.24, 2.45) is 0 Å². The number of nitrogens with one attached hydrogen (secondary N) is 1. The summed E-state index contributed by atoms with van der Waals surface area (Å²) < 4.78 is 11.3. The van der Waals surface area contributed by atoms with E-state index in [2.05, 4.69) is 15.3 Å². The number of nitrogens with zero attached hydrogens (tertiary/aromatic N) is 3. The molecule has 2 heterocycles. The number of benzene rings is 3. The van der Waals surface area contributed by atoms with Gasteiger partial charge < -0.3 is 9.15 Å². The molecule has 0 fully saturated rings. The molecular formula is C22H15ClN4O2. The van der Waals surface area contributed by atoms with E-state index < -0.39 is 0 Å². The van der Waals surface area contributed by atoms with Crippen molar-refractivity contribution in [1.29, 1.82) is 0 Å². The summed E-state index contributed by atoms with van der Waals surface area (Å²) in [6, 6.07) is 21.1. The predicted octanol–water partition coefficient (Wildman–Crippen LogP) is 5.84. The standard InChI is InChI=1S/C22H15ClN4O2/c1-28-18-12-6-10-16-19(18)20(13-7-2-3-8-14(13)23)26-21(24-16)27-22-25-15-9-4-5-11-17(15)29-22/h2-12H,1H3,(H,24,25,26,27). The molecule has 0 saturated heterocycles. The highest BCUT2D eigenvalue weighted by Crippen LogP contribution is 2.37. The molecule has 0 bridgehead atoms. The van der Waals surface area contributed by atoms with Gasteiger partial charge in [0, 0.05) is 10.6 Å². The number of ether oxygens (including phenoxy) is 1. The SMILES string of the molecule is COc1cccc2nc(Nc3nc4ccccc4o3)nc(-c3ccccc3Cl)c12. The van der Waals surface area contributed by atoms with Crippen LogP contribution in [0.5, 0.6) is 5.75 Å². The molecule has 2 aromatic heterocycles. The van der Waals surface area contributed by atoms with Gasteiger partial charge in [-0.3, -0.25) is 5.32 Å². The minimum absolute atomic E-state index is 0.318. The molecule has 0 aliphatic rings. The van der Waals surface area contributed by atoms with Crippen LogP contribution in [-0.4, -0.2) is 22.1 Å². The topological polar surface area (TPSA) is 73.1 Å². The maximum Gasteiger partial charge on any atom is 0.302 e. The van der Waals surface area contributed by atoms with Crippen LogP contribution >= 0.6 is 11.6 Å². The van der Waals surface area contributed by atoms with Crippen LogP contribution in [0.4, 0.5) is 12.0 Å². The summed E-state index contributed by atoms with van der Waals surface area (Å²) in [6.07, 6.45) is 0. The van der Waals surface area contributed by atoms with Gasteiger partial charge in [0.15, 0.2) is 5.58 Å². The highest BCUT2D eigenvalue weighted by Gasteiger charge is 2.17. The maximum absolute atomic E-state index is 6.47. The maximum atomic E-state index is 6.47. The second kappa shape index (κ2) is 7.07. The molecule has 142 valence electrons. The number of fused-ring (bicyclic) bond motifs is 2. The van der Waals surface area contributed by atoms with E-state index in [1.807, 2.05) is 66.7 Å². The molecule has 0 aliphatic heterocycles. The first-order valence-electron chi connectivity index (χ1n) is 8.95. The lowest BCUT2D eigenvalue weighted by atomic mass is 10.1. The van der Waals surface area contributed by atoms with Gasteiger partial charge in [-0.25, -0.2) is 9.97 Å². The number of para-hydroxylation sites is 2. The van der Waals surface area contributed by atoms with Crippen LogP contribution < -0.4 is 10.1 Å². The van der Waals surface area contributed by atoms with Crippen molar-refractivity contribution in [2.45, 2.75) is 0 Å². The number of halogens is 1. The van der Waals surface area contributed by atoms with Gasteiger partial charge in [0.05, 0.1) is 23.7 Å². The number of oxazole rings is 1. The van der Waals surface area contributed by atoms with Gasteiger partial charge in [0.2, 0.25) is 5.95 Å². The number of anilines is 2. The summed E-state index contributed by atoms with van der Waals surface area (Å²) in [4.78, 5) is 13.8. The zero-order valence-electron chi connectivity index (χ0n) is 15.4. The first-order chi connectivity index (χ1) is 14.2. The Bertz CT molecular complexity index is 1320. The average Bonchev–Trinajstić information content (AvgIpc) is 3.15. The van der Waals surface area contributed by atoms with Crippen molar-refractivity contribution in [3.8, 4) is 17.0 Å². The van der Waals surface area contributed by atoms with Gasteiger partial charge in [-0.05, 0) is 30.3 Å². The number of rotatable bonds is 4. The Morgan fingerprint density at radius 3 is 2.48 bits per heavy atom. The Balaban J connectivity index is 1.70. The van der Waals surface area contributed by atoms with E-state index >= 15 is 0 Å².